The van der Waals surface area contributed by atoms with Gasteiger partial charge in [0.05, 0.1) is 11.8 Å². The van der Waals surface area contributed by atoms with E-state index in [0.717, 1.165) is 31.9 Å². The molecule has 0 bridgehead atoms. The molecule has 1 spiro atoms. The molecule has 3 aliphatic rings. The SMILES string of the molecule is CC1(C(=O)O)CCN(C2=NOC3(C2)CN(Cc2ccc(Oc4ccc(F)cc4)cc2)C3)CC1. The van der Waals surface area contributed by atoms with Crippen LogP contribution in [0.4, 0.5) is 4.39 Å². The van der Waals surface area contributed by atoms with Crippen molar-refractivity contribution in [1.29, 1.82) is 0 Å². The summed E-state index contributed by atoms with van der Waals surface area (Å²) in [5.41, 5.74) is 0.287. The highest BCUT2D eigenvalue weighted by molar-refractivity contribution is 5.85. The molecule has 0 amide bonds. The topological polar surface area (TPSA) is 74.6 Å². The highest BCUT2D eigenvalue weighted by Gasteiger charge is 2.51. The number of piperidine rings is 1. The largest absolute Gasteiger partial charge is 0.481 e. The van der Waals surface area contributed by atoms with Gasteiger partial charge in [0.25, 0.3) is 0 Å². The Morgan fingerprint density at radius 1 is 1.09 bits per heavy atom. The van der Waals surface area contributed by atoms with Crippen LogP contribution in [0.25, 0.3) is 0 Å². The maximum Gasteiger partial charge on any atom is 0.309 e. The van der Waals surface area contributed by atoms with Gasteiger partial charge in [-0.15, -0.1) is 0 Å². The summed E-state index contributed by atoms with van der Waals surface area (Å²) in [4.78, 5) is 21.8. The van der Waals surface area contributed by atoms with E-state index in [1.807, 2.05) is 31.2 Å². The van der Waals surface area contributed by atoms with Crippen molar-refractivity contribution in [2.24, 2.45) is 10.6 Å². The molecule has 2 aromatic carbocycles. The first kappa shape index (κ1) is 21.7. The molecule has 2 saturated heterocycles. The molecule has 0 aliphatic carbocycles. The maximum atomic E-state index is 13.0. The van der Waals surface area contributed by atoms with E-state index in [-0.39, 0.29) is 11.4 Å². The molecule has 33 heavy (non-hydrogen) atoms. The lowest BCUT2D eigenvalue weighted by molar-refractivity contribution is -0.150. The Morgan fingerprint density at radius 3 is 2.30 bits per heavy atom. The van der Waals surface area contributed by atoms with Crippen LogP contribution in [0.2, 0.25) is 0 Å². The normalized spacial score (nSPS) is 21.3. The van der Waals surface area contributed by atoms with Gasteiger partial charge in [-0.2, -0.15) is 0 Å². The van der Waals surface area contributed by atoms with E-state index in [1.54, 1.807) is 12.1 Å². The van der Waals surface area contributed by atoms with Crippen molar-refractivity contribution in [2.75, 3.05) is 26.2 Å². The van der Waals surface area contributed by atoms with E-state index < -0.39 is 11.4 Å². The highest BCUT2D eigenvalue weighted by atomic mass is 19.1. The smallest absolute Gasteiger partial charge is 0.309 e. The van der Waals surface area contributed by atoms with E-state index in [1.165, 1.54) is 17.7 Å². The minimum absolute atomic E-state index is 0.255. The molecule has 1 N–H and O–H groups in total. The van der Waals surface area contributed by atoms with Gasteiger partial charge in [-0.1, -0.05) is 17.3 Å². The van der Waals surface area contributed by atoms with Crippen LogP contribution in [0.5, 0.6) is 11.5 Å². The summed E-state index contributed by atoms with van der Waals surface area (Å²) in [6.07, 6.45) is 2.03. The van der Waals surface area contributed by atoms with Gasteiger partial charge < -0.3 is 19.6 Å². The number of likely N-dealkylation sites (tertiary alicyclic amines) is 2. The fourth-order valence-electron chi connectivity index (χ4n) is 4.75. The number of oxime groups is 1. The van der Waals surface area contributed by atoms with Gasteiger partial charge in [0.1, 0.15) is 23.2 Å². The van der Waals surface area contributed by atoms with Crippen molar-refractivity contribution in [3.63, 3.8) is 0 Å². The lowest BCUT2D eigenvalue weighted by Crippen LogP contribution is -2.61. The predicted molar refractivity (Wildman–Crippen MR) is 121 cm³/mol. The number of carboxylic acid groups (broad SMARTS) is 1. The van der Waals surface area contributed by atoms with E-state index >= 15 is 0 Å². The number of hydrogen-bond acceptors (Lipinski definition) is 6. The lowest BCUT2D eigenvalue weighted by atomic mass is 9.80. The molecule has 2 fully saturated rings. The number of benzene rings is 2. The number of aliphatic carboxylic acids is 1. The van der Waals surface area contributed by atoms with Gasteiger partial charge in [-0.3, -0.25) is 9.69 Å². The Labute approximate surface area is 192 Å². The molecule has 0 aromatic heterocycles. The molecule has 0 atom stereocenters. The van der Waals surface area contributed by atoms with Crippen molar-refractivity contribution in [2.45, 2.75) is 38.3 Å². The molecule has 174 valence electrons. The average Bonchev–Trinajstić information content (AvgIpc) is 3.22. The number of carbonyl (C=O) groups is 1. The lowest BCUT2D eigenvalue weighted by Gasteiger charge is -2.45. The molecule has 5 rings (SSSR count). The van der Waals surface area contributed by atoms with Crippen LogP contribution >= 0.6 is 0 Å². The fourth-order valence-corrected chi connectivity index (χ4v) is 4.75. The Balaban J connectivity index is 1.08. The Hall–Kier alpha value is -3.13. The molecule has 3 aliphatic heterocycles. The second-order valence-corrected chi connectivity index (χ2v) is 9.66. The number of hydrogen-bond donors (Lipinski definition) is 1. The van der Waals surface area contributed by atoms with Crippen LogP contribution in [-0.4, -0.2) is 58.5 Å². The van der Waals surface area contributed by atoms with Gasteiger partial charge >= 0.3 is 5.97 Å². The highest BCUT2D eigenvalue weighted by Crippen LogP contribution is 2.38. The first-order chi connectivity index (χ1) is 15.8. The van der Waals surface area contributed by atoms with Crippen LogP contribution in [0.1, 0.15) is 31.7 Å². The van der Waals surface area contributed by atoms with Crippen molar-refractivity contribution in [3.8, 4) is 11.5 Å². The molecule has 7 nitrogen and oxygen atoms in total. The number of carboxylic acids is 1. The van der Waals surface area contributed by atoms with Gasteiger partial charge in [0.2, 0.25) is 0 Å². The summed E-state index contributed by atoms with van der Waals surface area (Å²) in [6.45, 7) is 5.68. The summed E-state index contributed by atoms with van der Waals surface area (Å²) in [6, 6.07) is 13.9. The first-order valence-electron chi connectivity index (χ1n) is 11.3. The van der Waals surface area contributed by atoms with E-state index in [0.29, 0.717) is 37.4 Å². The molecule has 0 unspecified atom stereocenters. The number of rotatable bonds is 5. The quantitative estimate of drug-likeness (QED) is 0.735. The van der Waals surface area contributed by atoms with E-state index in [4.69, 9.17) is 9.57 Å². The van der Waals surface area contributed by atoms with Crippen molar-refractivity contribution < 1.29 is 23.9 Å². The Kier molecular flexibility index (Phi) is 5.48. The number of ether oxygens (including phenoxy) is 1. The van der Waals surface area contributed by atoms with E-state index in [2.05, 4.69) is 15.0 Å². The third-order valence-corrected chi connectivity index (χ3v) is 6.98. The van der Waals surface area contributed by atoms with Gasteiger partial charge in [0.15, 0.2) is 5.60 Å². The summed E-state index contributed by atoms with van der Waals surface area (Å²) in [7, 11) is 0. The summed E-state index contributed by atoms with van der Waals surface area (Å²) >= 11 is 0. The first-order valence-corrected chi connectivity index (χ1v) is 11.3. The molecule has 0 radical (unpaired) electrons. The number of nitrogens with zero attached hydrogens (tertiary/aromatic N) is 3. The minimum atomic E-state index is -0.715. The fraction of sp³-hybridized carbons (Fsp3) is 0.440. The standard InChI is InChI=1S/C25H28FN3O4/c1-24(23(30)31)10-12-29(13-11-24)22-14-25(33-27-22)16-28(17-25)15-18-2-6-20(7-3-18)32-21-8-4-19(26)5-9-21/h2-9H,10-17H2,1H3,(H,30,31). The molecule has 0 saturated carbocycles. The number of amidine groups is 1. The predicted octanol–water partition coefficient (Wildman–Crippen LogP) is 4.09. The van der Waals surface area contributed by atoms with Crippen LogP contribution in [0.15, 0.2) is 53.7 Å². The van der Waals surface area contributed by atoms with Crippen LogP contribution in [0.3, 0.4) is 0 Å². The molecule has 3 heterocycles. The third kappa shape index (κ3) is 4.53. The second-order valence-electron chi connectivity index (χ2n) is 9.66. The second kappa shape index (κ2) is 8.33. The zero-order valence-corrected chi connectivity index (χ0v) is 18.7. The molecule has 2 aromatic rings. The van der Waals surface area contributed by atoms with Crippen molar-refractivity contribution in [1.82, 2.24) is 9.80 Å². The average molecular weight is 454 g/mol. The zero-order chi connectivity index (χ0) is 23.1. The maximum absolute atomic E-state index is 13.0. The molecule has 8 heteroatoms. The number of halogens is 1. The monoisotopic (exact) mass is 453 g/mol. The van der Waals surface area contributed by atoms with Gasteiger partial charge in [0, 0.05) is 32.7 Å². The molecular weight excluding hydrogens is 425 g/mol. The zero-order valence-electron chi connectivity index (χ0n) is 18.7. The van der Waals surface area contributed by atoms with Crippen LogP contribution < -0.4 is 4.74 Å². The summed E-state index contributed by atoms with van der Waals surface area (Å²) < 4.78 is 18.8. The van der Waals surface area contributed by atoms with Crippen LogP contribution in [-0.2, 0) is 16.2 Å². The van der Waals surface area contributed by atoms with Gasteiger partial charge in [-0.25, -0.2) is 4.39 Å². The Morgan fingerprint density at radius 2 is 1.70 bits per heavy atom. The Bertz CT molecular complexity index is 1040. The van der Waals surface area contributed by atoms with Crippen molar-refractivity contribution >= 4 is 11.8 Å². The van der Waals surface area contributed by atoms with Crippen LogP contribution in [0, 0.1) is 11.2 Å². The summed E-state index contributed by atoms with van der Waals surface area (Å²) in [5.74, 6) is 1.26. The van der Waals surface area contributed by atoms with E-state index in [9.17, 15) is 14.3 Å². The van der Waals surface area contributed by atoms with Crippen molar-refractivity contribution in [3.05, 3.63) is 59.9 Å². The third-order valence-electron chi connectivity index (χ3n) is 6.98. The molecular formula is C25H28FN3O4. The minimum Gasteiger partial charge on any atom is -0.481 e. The van der Waals surface area contributed by atoms with Gasteiger partial charge in [-0.05, 0) is 61.7 Å². The summed E-state index contributed by atoms with van der Waals surface area (Å²) in [5, 5.41) is 13.8.